The van der Waals surface area contributed by atoms with E-state index in [1.165, 1.54) is 7.05 Å². The van der Waals surface area contributed by atoms with Crippen molar-refractivity contribution in [1.82, 2.24) is 10.2 Å². The molecule has 84 valence electrons. The smallest absolute Gasteiger partial charge is 0.251 e. The van der Waals surface area contributed by atoms with Crippen LogP contribution < -0.4 is 5.32 Å². The minimum atomic E-state index is -0.569. The molecule has 1 heterocycles. The summed E-state index contributed by atoms with van der Waals surface area (Å²) in [6, 6.07) is -0.569. The second-order valence-corrected chi connectivity index (χ2v) is 4.88. The number of carbonyl (C=O) groups is 3. The maximum Gasteiger partial charge on any atom is 0.251 e. The van der Waals surface area contributed by atoms with Crippen LogP contribution in [0.3, 0.4) is 0 Å². The zero-order chi connectivity index (χ0) is 11.6. The zero-order valence-electron chi connectivity index (χ0n) is 8.62. The van der Waals surface area contributed by atoms with Gasteiger partial charge in [0.15, 0.2) is 0 Å². The summed E-state index contributed by atoms with van der Waals surface area (Å²) in [5.41, 5.74) is 0. The molecular formula is C9H13BrN2O3. The lowest BCUT2D eigenvalue weighted by Crippen LogP contribution is -2.53. The molecule has 1 rings (SSSR count). The first-order chi connectivity index (χ1) is 6.93. The van der Waals surface area contributed by atoms with Crippen molar-refractivity contribution in [2.24, 2.45) is 0 Å². The third-order valence-corrected chi connectivity index (χ3v) is 2.74. The SMILES string of the molecule is CC(Br)C(=O)NC1CCC(=O)N(C)C1=O. The Morgan fingerprint density at radius 2 is 2.20 bits per heavy atom. The second kappa shape index (κ2) is 4.74. The van der Waals surface area contributed by atoms with Crippen molar-refractivity contribution in [2.45, 2.75) is 30.6 Å². The number of imide groups is 1. The van der Waals surface area contributed by atoms with E-state index >= 15 is 0 Å². The molecule has 6 heteroatoms. The first-order valence-electron chi connectivity index (χ1n) is 4.68. The van der Waals surface area contributed by atoms with E-state index in [-0.39, 0.29) is 22.5 Å². The van der Waals surface area contributed by atoms with Gasteiger partial charge in [0.05, 0.1) is 4.83 Å². The highest BCUT2D eigenvalue weighted by atomic mass is 79.9. The highest BCUT2D eigenvalue weighted by Gasteiger charge is 2.32. The number of hydrogen-bond donors (Lipinski definition) is 1. The standard InChI is InChI=1S/C9H13BrN2O3/c1-5(10)8(14)11-6-3-4-7(13)12(2)9(6)15/h5-6H,3-4H2,1-2H3,(H,11,14). The van der Waals surface area contributed by atoms with Crippen molar-refractivity contribution >= 4 is 33.7 Å². The van der Waals surface area contributed by atoms with Crippen molar-refractivity contribution in [1.29, 1.82) is 0 Å². The maximum absolute atomic E-state index is 11.6. The summed E-state index contributed by atoms with van der Waals surface area (Å²) >= 11 is 3.11. The molecule has 2 unspecified atom stereocenters. The lowest BCUT2D eigenvalue weighted by molar-refractivity contribution is -0.149. The van der Waals surface area contributed by atoms with Gasteiger partial charge in [-0.3, -0.25) is 19.3 Å². The van der Waals surface area contributed by atoms with E-state index in [9.17, 15) is 14.4 Å². The first kappa shape index (κ1) is 12.2. The summed E-state index contributed by atoms with van der Waals surface area (Å²) in [5, 5.41) is 2.59. The number of rotatable bonds is 2. The Labute approximate surface area is 96.3 Å². The van der Waals surface area contributed by atoms with E-state index in [1.54, 1.807) is 6.92 Å². The van der Waals surface area contributed by atoms with E-state index in [0.29, 0.717) is 12.8 Å². The maximum atomic E-state index is 11.6. The van der Waals surface area contributed by atoms with E-state index in [1.807, 2.05) is 0 Å². The fraction of sp³-hybridized carbons (Fsp3) is 0.667. The Balaban J connectivity index is 2.61. The number of piperidine rings is 1. The van der Waals surface area contributed by atoms with E-state index in [2.05, 4.69) is 21.2 Å². The fourth-order valence-electron chi connectivity index (χ4n) is 1.34. The number of hydrogen-bond acceptors (Lipinski definition) is 3. The summed E-state index contributed by atoms with van der Waals surface area (Å²) in [7, 11) is 1.43. The molecule has 3 amide bonds. The van der Waals surface area contributed by atoms with Gasteiger partial charge in [-0.1, -0.05) is 15.9 Å². The Hall–Kier alpha value is -0.910. The molecule has 1 aliphatic rings. The topological polar surface area (TPSA) is 66.5 Å². The Morgan fingerprint density at radius 1 is 1.60 bits per heavy atom. The van der Waals surface area contributed by atoms with Gasteiger partial charge >= 0.3 is 0 Å². The van der Waals surface area contributed by atoms with Gasteiger partial charge in [0.25, 0.3) is 5.91 Å². The lowest BCUT2D eigenvalue weighted by atomic mass is 10.0. The average Bonchev–Trinajstić information content (AvgIpc) is 2.18. The molecule has 0 aliphatic carbocycles. The van der Waals surface area contributed by atoms with Crippen LogP contribution in [0.15, 0.2) is 0 Å². The van der Waals surface area contributed by atoms with Crippen molar-refractivity contribution in [3.63, 3.8) is 0 Å². The average molecular weight is 277 g/mol. The Bertz CT molecular complexity index is 304. The van der Waals surface area contributed by atoms with E-state index < -0.39 is 6.04 Å². The molecule has 5 nitrogen and oxygen atoms in total. The largest absolute Gasteiger partial charge is 0.343 e. The van der Waals surface area contributed by atoms with Crippen molar-refractivity contribution in [3.05, 3.63) is 0 Å². The van der Waals surface area contributed by atoms with Crippen LogP contribution >= 0.6 is 15.9 Å². The highest BCUT2D eigenvalue weighted by Crippen LogP contribution is 2.12. The van der Waals surface area contributed by atoms with Crippen molar-refractivity contribution in [2.75, 3.05) is 7.05 Å². The number of nitrogens with zero attached hydrogens (tertiary/aromatic N) is 1. The van der Waals surface area contributed by atoms with Crippen LogP contribution in [0.25, 0.3) is 0 Å². The third kappa shape index (κ3) is 2.77. The molecule has 2 atom stereocenters. The van der Waals surface area contributed by atoms with Gasteiger partial charge in [0.2, 0.25) is 11.8 Å². The van der Waals surface area contributed by atoms with Gasteiger partial charge in [0.1, 0.15) is 6.04 Å². The van der Waals surface area contributed by atoms with E-state index in [4.69, 9.17) is 0 Å². The van der Waals surface area contributed by atoms with Gasteiger partial charge in [-0.05, 0) is 13.3 Å². The van der Waals surface area contributed by atoms with Gasteiger partial charge in [0, 0.05) is 13.5 Å². The first-order valence-corrected chi connectivity index (χ1v) is 5.60. The molecule has 0 aromatic heterocycles. The van der Waals surface area contributed by atoms with Gasteiger partial charge in [-0.15, -0.1) is 0 Å². The molecule has 0 saturated carbocycles. The number of nitrogens with one attached hydrogen (secondary N) is 1. The minimum absolute atomic E-state index is 0.197. The summed E-state index contributed by atoms with van der Waals surface area (Å²) in [5.74, 6) is -0.777. The predicted molar refractivity (Wildman–Crippen MR) is 57.3 cm³/mol. The number of likely N-dealkylation sites (N-methyl/N-ethyl adjacent to an activating group) is 1. The number of alkyl halides is 1. The highest BCUT2D eigenvalue weighted by molar-refractivity contribution is 9.10. The summed E-state index contributed by atoms with van der Waals surface area (Å²) in [6.07, 6.45) is 0.678. The van der Waals surface area contributed by atoms with Crippen molar-refractivity contribution < 1.29 is 14.4 Å². The van der Waals surface area contributed by atoms with Crippen molar-refractivity contribution in [3.8, 4) is 0 Å². The molecule has 1 N–H and O–H groups in total. The van der Waals surface area contributed by atoms with Crippen LogP contribution in [-0.2, 0) is 14.4 Å². The predicted octanol–water partition coefficient (Wildman–Crippen LogP) is 0.0334. The molecule has 0 aromatic carbocycles. The number of carbonyl (C=O) groups excluding carboxylic acids is 3. The summed E-state index contributed by atoms with van der Waals surface area (Å²) in [4.78, 5) is 34.8. The normalized spacial score (nSPS) is 23.9. The molecule has 1 aliphatic heterocycles. The molecule has 15 heavy (non-hydrogen) atoms. The molecular weight excluding hydrogens is 264 g/mol. The molecule has 1 saturated heterocycles. The molecule has 0 aromatic rings. The fourth-order valence-corrected chi connectivity index (χ4v) is 1.47. The van der Waals surface area contributed by atoms with Gasteiger partial charge in [-0.25, -0.2) is 0 Å². The molecule has 1 fully saturated rings. The monoisotopic (exact) mass is 276 g/mol. The van der Waals surface area contributed by atoms with Crippen LogP contribution in [-0.4, -0.2) is 40.5 Å². The second-order valence-electron chi connectivity index (χ2n) is 3.51. The Kier molecular flexibility index (Phi) is 3.84. The number of amides is 3. The minimum Gasteiger partial charge on any atom is -0.343 e. The number of likely N-dealkylation sites (tertiary alicyclic amines) is 1. The third-order valence-electron chi connectivity index (χ3n) is 2.33. The molecule has 0 bridgehead atoms. The van der Waals surface area contributed by atoms with Crippen LogP contribution in [0.1, 0.15) is 19.8 Å². The quantitative estimate of drug-likeness (QED) is 0.572. The van der Waals surface area contributed by atoms with Crippen LogP contribution in [0, 0.1) is 0 Å². The van der Waals surface area contributed by atoms with Crippen LogP contribution in [0.2, 0.25) is 0 Å². The Morgan fingerprint density at radius 3 is 2.73 bits per heavy atom. The molecule has 0 spiro atoms. The van der Waals surface area contributed by atoms with Crippen LogP contribution in [0.4, 0.5) is 0 Å². The lowest BCUT2D eigenvalue weighted by Gasteiger charge is -2.28. The van der Waals surface area contributed by atoms with Gasteiger partial charge in [-0.2, -0.15) is 0 Å². The summed E-state index contributed by atoms with van der Waals surface area (Å²) < 4.78 is 0. The number of halogens is 1. The van der Waals surface area contributed by atoms with Gasteiger partial charge < -0.3 is 5.32 Å². The zero-order valence-corrected chi connectivity index (χ0v) is 10.2. The molecule has 0 radical (unpaired) electrons. The van der Waals surface area contributed by atoms with E-state index in [0.717, 1.165) is 4.90 Å². The summed E-state index contributed by atoms with van der Waals surface area (Å²) in [6.45, 7) is 1.68. The van der Waals surface area contributed by atoms with Crippen LogP contribution in [0.5, 0.6) is 0 Å².